The van der Waals surface area contributed by atoms with Crippen LogP contribution in [0.3, 0.4) is 0 Å². The number of aliphatic hydroxyl groups is 1. The highest BCUT2D eigenvalue weighted by molar-refractivity contribution is 7.98. The van der Waals surface area contributed by atoms with Crippen molar-refractivity contribution in [2.24, 2.45) is 85.8 Å². The summed E-state index contributed by atoms with van der Waals surface area (Å²) in [5, 5.41) is 26.9. The molecule has 20 N–H and O–H groups in total. The van der Waals surface area contributed by atoms with Crippen LogP contribution < -0.4 is 66.3 Å². The lowest BCUT2D eigenvalue weighted by molar-refractivity contribution is -0.135. The molecule has 0 saturated heterocycles. The number of carbonyl (C=O) groups excluding carboxylic acids is 12. The first kappa shape index (κ1) is 102. The van der Waals surface area contributed by atoms with Gasteiger partial charge in [-0.2, -0.15) is 11.8 Å². The first-order chi connectivity index (χ1) is 54.5. The second-order valence-corrected chi connectivity index (χ2v) is 31.8. The summed E-state index contributed by atoms with van der Waals surface area (Å²) in [6.07, 6.45) is 24.0. The van der Waals surface area contributed by atoms with Crippen molar-refractivity contribution in [1.29, 1.82) is 0 Å². The van der Waals surface area contributed by atoms with E-state index >= 15 is 0 Å². The number of guanidine groups is 2. The maximum Gasteiger partial charge on any atom is 0.240 e. The van der Waals surface area contributed by atoms with E-state index in [0.29, 0.717) is 83.1 Å². The second kappa shape index (κ2) is 60.0. The number of nitrogens with zero attached hydrogens (tertiary/aromatic N) is 2. The lowest BCUT2D eigenvalue weighted by Crippen LogP contribution is -2.49. The van der Waals surface area contributed by atoms with Gasteiger partial charge < -0.3 is 76.4 Å². The predicted molar refractivity (Wildman–Crippen MR) is 454 cm³/mol. The molecule has 1 aromatic heterocycles. The third-order valence-corrected chi connectivity index (χ3v) is 21.5. The smallest absolute Gasteiger partial charge is 0.240 e. The molecule has 10 atom stereocenters. The Labute approximate surface area is 681 Å². The number of benzene rings is 2. The lowest BCUT2D eigenvalue weighted by atomic mass is 9.84. The van der Waals surface area contributed by atoms with Gasteiger partial charge >= 0.3 is 0 Å². The van der Waals surface area contributed by atoms with Crippen LogP contribution in [0.25, 0.3) is 10.9 Å². The number of para-hydroxylation sites is 1. The fraction of sp³-hybridized carbons (Fsp3) is 0.671. The number of H-pyrrole nitrogens is 1. The number of hydrogen-bond donors (Lipinski definition) is 14. The van der Waals surface area contributed by atoms with Gasteiger partial charge in [0.2, 0.25) is 41.4 Å². The summed E-state index contributed by atoms with van der Waals surface area (Å²) in [5.74, 6) is -7.41. The van der Waals surface area contributed by atoms with Gasteiger partial charge in [-0.1, -0.05) is 180 Å². The van der Waals surface area contributed by atoms with Gasteiger partial charge in [0, 0.05) is 118 Å². The molecular formula is C85H141N15O13S. The molecule has 0 aliphatic rings. The van der Waals surface area contributed by atoms with Gasteiger partial charge in [0.15, 0.2) is 35.1 Å². The van der Waals surface area contributed by atoms with Crippen molar-refractivity contribution in [3.05, 3.63) is 71.9 Å². The number of ketones is 5. The number of nitrogens with one attached hydrogen (secondary N) is 7. The number of carbonyl (C=O) groups is 12. The lowest BCUT2D eigenvalue weighted by Gasteiger charge is -2.26. The standard InChI is InChI=1S/C47H70N8O6S.C38H71N7O7/c1-5-30(2)37(44(49)59)28-43(58)39(24-32-15-7-6-8-16-32)54-46(61)34(20-23-62-4)27-42(57)40(25-35-29-53-38-19-10-9-18-36(35)38)55-45(60)33(17-11-12-21-48)26-41(56)31(3)14-13-22-52-47(50)51;1-5-6-7-8-9-10-11-12-13-14-15-16-17-20-34(49)43-26-36(51)45-31(27-46)32(47)21-22-35(50)44-30(19-18-23-42-38(39)40)33(48)25-29(24-28(2)3)37(52)41-4/h6-10,15-16,18-19,29-31,33-34,37,39-40,53H,5,11-14,17,20-28,48H2,1-4H3,(H2,49,59)(H,54,61)(H,55,60)(H4,50,51,52);28-31,46H,5-27H2,1-4H3,(H,41,52)(H,43,49)(H,44,50)(H,45,51)(H4,39,40,42)/t30-,31-,33+,34+,37-,39-,40-;29-,30+,31+/m01/s1. The monoisotopic (exact) mass is 1610 g/mol. The molecule has 0 aliphatic heterocycles. The Hall–Kier alpha value is -8.57. The van der Waals surface area contributed by atoms with E-state index in [0.717, 1.165) is 47.7 Å². The number of Topliss-reactive ketones (excluding diaryl/α,β-unsaturated/α-hetero) is 5. The minimum absolute atomic E-state index is 0.00288. The largest absolute Gasteiger partial charge is 0.394 e. The first-order valence-electron chi connectivity index (χ1n) is 41.6. The molecule has 0 spiro atoms. The predicted octanol–water partition coefficient (Wildman–Crippen LogP) is 8.07. The Bertz CT molecular complexity index is 3440. The molecule has 2 aromatic carbocycles. The highest BCUT2D eigenvalue weighted by Gasteiger charge is 2.36. The molecule has 3 rings (SSSR count). The number of aromatic amines is 1. The minimum Gasteiger partial charge on any atom is -0.394 e. The Morgan fingerprint density at radius 2 is 1.04 bits per heavy atom. The molecule has 0 bridgehead atoms. The van der Waals surface area contributed by atoms with E-state index in [1.165, 1.54) is 76.6 Å². The number of amides is 7. The number of hydrogen-bond acceptors (Lipinski definition) is 17. The maximum atomic E-state index is 14.6. The molecule has 0 unspecified atom stereocenters. The van der Waals surface area contributed by atoms with Crippen LogP contribution in [0.15, 0.2) is 70.8 Å². The molecule has 0 aliphatic carbocycles. The summed E-state index contributed by atoms with van der Waals surface area (Å²) >= 11 is 1.53. The third kappa shape index (κ3) is 43.8. The van der Waals surface area contributed by atoms with Crippen LogP contribution in [0.4, 0.5) is 0 Å². The Kier molecular flexibility index (Phi) is 53.4. The van der Waals surface area contributed by atoms with Crippen molar-refractivity contribution >= 4 is 105 Å². The number of rotatable bonds is 64. The molecular weight excluding hydrogens is 1470 g/mol. The summed E-state index contributed by atoms with van der Waals surface area (Å²) in [6.45, 7) is 11.8. The number of aliphatic imine (C=N–C) groups is 2. The Balaban J connectivity index is 0.000000787. The van der Waals surface area contributed by atoms with Gasteiger partial charge in [-0.25, -0.2) is 0 Å². The van der Waals surface area contributed by atoms with Gasteiger partial charge in [-0.15, -0.1) is 0 Å². The van der Waals surface area contributed by atoms with Crippen molar-refractivity contribution in [2.45, 2.75) is 271 Å². The highest BCUT2D eigenvalue weighted by Crippen LogP contribution is 2.27. The second-order valence-electron chi connectivity index (χ2n) is 30.8. The van der Waals surface area contributed by atoms with Crippen LogP contribution >= 0.6 is 11.8 Å². The van der Waals surface area contributed by atoms with Crippen LogP contribution in [-0.2, 0) is 70.4 Å². The minimum atomic E-state index is -1.25. The summed E-state index contributed by atoms with van der Waals surface area (Å²) in [4.78, 5) is 170. The average Bonchev–Trinajstić information content (AvgIpc) is 1.66. The van der Waals surface area contributed by atoms with Crippen molar-refractivity contribution in [3.63, 3.8) is 0 Å². The molecule has 7 amide bonds. The number of primary amides is 1. The van der Waals surface area contributed by atoms with Gasteiger partial charge in [0.25, 0.3) is 0 Å². The van der Waals surface area contributed by atoms with Crippen LogP contribution in [0.5, 0.6) is 0 Å². The number of unbranched alkanes of at least 4 members (excludes halogenated alkanes) is 13. The summed E-state index contributed by atoms with van der Waals surface area (Å²) in [6, 6.07) is 12.8. The van der Waals surface area contributed by atoms with Crippen molar-refractivity contribution < 1.29 is 62.6 Å². The molecule has 28 nitrogen and oxygen atoms in total. The van der Waals surface area contributed by atoms with E-state index in [4.69, 9.17) is 34.4 Å². The molecule has 0 saturated carbocycles. The SMILES string of the molecule is CCCCCCCCCCCCCCCC(=O)NCC(=O)N[C@@H](CO)C(=O)CCC(=O)N[C@@H](CCCN=C(N)N)C(=O)C[C@@H](CC(C)C)C(=O)NC.CC[C@H](C)[C@H](CC(=O)[C@H](Cc1ccccc1)NC(=O)[C@H](CCSC)CC(=O)[C@H](Cc1c[nH]c2ccccc12)NC(=O)[C@H](CCCCN)CC(=O)[C@@H](C)CCCN=C(N)N)C(N)=O. The van der Waals surface area contributed by atoms with Gasteiger partial charge in [-0.3, -0.25) is 67.5 Å². The van der Waals surface area contributed by atoms with Crippen LogP contribution in [0.1, 0.15) is 245 Å². The fourth-order valence-corrected chi connectivity index (χ4v) is 14.2. The first-order valence-corrected chi connectivity index (χ1v) is 43.0. The number of aliphatic hydroxyl groups excluding tert-OH is 1. The van der Waals surface area contributed by atoms with Crippen LogP contribution in [0, 0.1) is 41.4 Å². The van der Waals surface area contributed by atoms with E-state index in [2.05, 4.69) is 53.8 Å². The summed E-state index contributed by atoms with van der Waals surface area (Å²) in [7, 11) is 1.51. The third-order valence-electron chi connectivity index (χ3n) is 20.8. The van der Waals surface area contributed by atoms with Gasteiger partial charge in [0.05, 0.1) is 31.3 Å². The van der Waals surface area contributed by atoms with E-state index in [-0.39, 0.29) is 135 Å². The van der Waals surface area contributed by atoms with Crippen molar-refractivity contribution in [3.8, 4) is 0 Å². The molecule has 1 heterocycles. The van der Waals surface area contributed by atoms with Crippen molar-refractivity contribution in [2.75, 3.05) is 51.8 Å². The van der Waals surface area contributed by atoms with Crippen molar-refractivity contribution in [1.82, 2.24) is 36.9 Å². The van der Waals surface area contributed by atoms with E-state index in [1.54, 1.807) is 0 Å². The Morgan fingerprint density at radius 1 is 0.509 bits per heavy atom. The highest BCUT2D eigenvalue weighted by atomic mass is 32.2. The van der Waals surface area contributed by atoms with Gasteiger partial charge in [0.1, 0.15) is 11.8 Å². The van der Waals surface area contributed by atoms with E-state index in [9.17, 15) is 62.6 Å². The summed E-state index contributed by atoms with van der Waals surface area (Å²) in [5.41, 5.74) is 35.7. The zero-order chi connectivity index (χ0) is 84.8. The van der Waals surface area contributed by atoms with Crippen LogP contribution in [-0.4, -0.2) is 168 Å². The maximum absolute atomic E-state index is 14.6. The zero-order valence-corrected chi connectivity index (χ0v) is 70.4. The number of aromatic nitrogens is 1. The fourth-order valence-electron chi connectivity index (χ4n) is 13.7. The summed E-state index contributed by atoms with van der Waals surface area (Å²) < 4.78 is 0. The molecule has 29 heteroatoms. The number of nitrogens with two attached hydrogens (primary N) is 6. The quantitative estimate of drug-likeness (QED) is 0.0144. The molecule has 0 fully saturated rings. The van der Waals surface area contributed by atoms with Crippen LogP contribution in [0.2, 0.25) is 0 Å². The molecule has 0 radical (unpaired) electrons. The molecule has 3 aromatic rings. The van der Waals surface area contributed by atoms with E-state index in [1.807, 2.05) is 102 Å². The van der Waals surface area contributed by atoms with Gasteiger partial charge in [-0.05, 0) is 112 Å². The molecule has 114 heavy (non-hydrogen) atoms. The number of thioether (sulfide) groups is 1. The van der Waals surface area contributed by atoms with E-state index < -0.39 is 89.8 Å². The zero-order valence-electron chi connectivity index (χ0n) is 69.6. The molecule has 640 valence electrons. The normalized spacial score (nSPS) is 13.8. The average molecular weight is 1610 g/mol. The Morgan fingerprint density at radius 3 is 1.61 bits per heavy atom. The number of fused-ring (bicyclic) bond motifs is 1. The topological polar surface area (TPSA) is 494 Å².